The van der Waals surface area contributed by atoms with Crippen molar-refractivity contribution >= 4 is 75.8 Å². The highest BCUT2D eigenvalue weighted by atomic mass is 35.5. The van der Waals surface area contributed by atoms with E-state index < -0.39 is 40.2 Å². The lowest BCUT2D eigenvalue weighted by atomic mass is 9.85. The number of benzene rings is 4. The molecule has 20 heteroatoms. The van der Waals surface area contributed by atoms with Crippen LogP contribution in [0.1, 0.15) is 60.8 Å². The maximum absolute atomic E-state index is 13.9. The highest BCUT2D eigenvalue weighted by Gasteiger charge is 2.42. The fraction of sp³-hybridized carbons (Fsp3) is 0.354. The van der Waals surface area contributed by atoms with Gasteiger partial charge in [-0.2, -0.15) is 13.2 Å². The van der Waals surface area contributed by atoms with Crippen molar-refractivity contribution in [3.63, 3.8) is 0 Å². The molecule has 13 nitrogen and oxygen atoms in total. The van der Waals surface area contributed by atoms with E-state index in [0.717, 1.165) is 39.7 Å². The van der Waals surface area contributed by atoms with Crippen LogP contribution < -0.4 is 25.4 Å². The van der Waals surface area contributed by atoms with Gasteiger partial charge < -0.3 is 39.8 Å². The second-order valence-electron chi connectivity index (χ2n) is 16.8. The zero-order chi connectivity index (χ0) is 49.0. The Kier molecular flexibility index (Phi) is 18.2. The van der Waals surface area contributed by atoms with Crippen molar-refractivity contribution in [2.75, 3.05) is 44.2 Å². The van der Waals surface area contributed by atoms with Crippen molar-refractivity contribution in [3.05, 3.63) is 123 Å². The molecule has 0 aliphatic carbocycles. The van der Waals surface area contributed by atoms with Crippen LogP contribution in [0.5, 0.6) is 11.5 Å². The Morgan fingerprint density at radius 2 is 1.65 bits per heavy atom. The number of halogens is 5. The molecule has 1 fully saturated rings. The number of anilines is 1. The summed E-state index contributed by atoms with van der Waals surface area (Å²) in [5.74, 6) is -0.687. The minimum atomic E-state index is -4.61. The summed E-state index contributed by atoms with van der Waals surface area (Å²) < 4.78 is 60.1. The minimum absolute atomic E-state index is 0.0859. The van der Waals surface area contributed by atoms with E-state index in [1.165, 1.54) is 12.1 Å². The van der Waals surface area contributed by atoms with E-state index in [9.17, 15) is 32.3 Å². The molecule has 1 aromatic heterocycles. The number of rotatable bonds is 20. The van der Waals surface area contributed by atoms with Crippen LogP contribution >= 0.6 is 46.5 Å². The lowest BCUT2D eigenvalue weighted by Gasteiger charge is -2.35. The Hall–Kier alpha value is -5.37. The maximum atomic E-state index is 13.9. The van der Waals surface area contributed by atoms with Crippen LogP contribution in [-0.2, 0) is 36.6 Å². The van der Waals surface area contributed by atoms with E-state index in [2.05, 4.69) is 25.7 Å². The molecule has 0 radical (unpaired) electrons. The van der Waals surface area contributed by atoms with E-state index in [4.69, 9.17) is 37.4 Å². The molecule has 1 aliphatic rings. The van der Waals surface area contributed by atoms with Gasteiger partial charge in [-0.15, -0.1) is 11.3 Å². The van der Waals surface area contributed by atoms with Gasteiger partial charge in [0.05, 0.1) is 52.2 Å². The van der Waals surface area contributed by atoms with Crippen molar-refractivity contribution in [1.82, 2.24) is 25.8 Å². The number of likely N-dealkylation sites (tertiary alicyclic amines) is 1. The molecule has 5 aromatic rings. The fourth-order valence-corrected chi connectivity index (χ4v) is 8.98. The summed E-state index contributed by atoms with van der Waals surface area (Å²) in [7, 11) is 0. The fourth-order valence-electron chi connectivity index (χ4n) is 7.07. The van der Waals surface area contributed by atoms with Gasteiger partial charge in [0.1, 0.15) is 24.4 Å². The third kappa shape index (κ3) is 14.6. The molecule has 6 rings (SSSR count). The number of nitrogens with one attached hydrogen (secondary N) is 4. The molecule has 1 aliphatic heterocycles. The quantitative estimate of drug-likeness (QED) is 0.0437. The molecular formula is C48H51Cl2F3N6O7S2. The van der Waals surface area contributed by atoms with E-state index in [0.29, 0.717) is 53.7 Å². The van der Waals surface area contributed by atoms with Crippen molar-refractivity contribution in [1.29, 1.82) is 0 Å². The standard InChI is InChI=1S/C48H51Cl2F3N6O7S2/c1-29-42(67-28-56-29)31-9-7-30(8-10-31)26-55-45(62)39-6-5-20-59(39)46(63)43(47(2,3)4)57-41(60)27-65-23-22-64-21-19-54-44(61)32-11-14-34(15-12-32)66-40-18-13-33(49)24-38(40)58-68-35-16-17-37(50)36(25-35)48(51,52)53/h7-18,24-25,28,39,43,58H,5-6,19-23,26-27H2,1-4H3,(H,54,61)(H,55,62)(H,57,60). The molecule has 4 amide bonds. The third-order valence-corrected chi connectivity index (χ3v) is 13.0. The first-order valence-electron chi connectivity index (χ1n) is 21.5. The Balaban J connectivity index is 0.877. The summed E-state index contributed by atoms with van der Waals surface area (Å²) in [6.07, 6.45) is -3.43. The van der Waals surface area contributed by atoms with Crippen LogP contribution in [0.25, 0.3) is 10.4 Å². The van der Waals surface area contributed by atoms with Gasteiger partial charge in [0.15, 0.2) is 5.75 Å². The number of hydrogen-bond donors (Lipinski definition) is 4. The van der Waals surface area contributed by atoms with Gasteiger partial charge in [0.25, 0.3) is 5.91 Å². The smallest absolute Gasteiger partial charge is 0.417 e. The average Bonchev–Trinajstić information content (AvgIpc) is 3.98. The second-order valence-corrected chi connectivity index (χ2v) is 19.3. The van der Waals surface area contributed by atoms with Crippen LogP contribution in [0.4, 0.5) is 18.9 Å². The van der Waals surface area contributed by atoms with Crippen molar-refractivity contribution in [3.8, 4) is 21.9 Å². The van der Waals surface area contributed by atoms with Gasteiger partial charge in [-0.25, -0.2) is 4.98 Å². The van der Waals surface area contributed by atoms with Gasteiger partial charge in [0.2, 0.25) is 17.7 Å². The van der Waals surface area contributed by atoms with Gasteiger partial charge in [-0.3, -0.25) is 19.2 Å². The number of hydrogen-bond acceptors (Lipinski definition) is 11. The number of aromatic nitrogens is 1. The van der Waals surface area contributed by atoms with Crippen LogP contribution in [0, 0.1) is 12.3 Å². The first-order chi connectivity index (χ1) is 32.4. The summed E-state index contributed by atoms with van der Waals surface area (Å²) >= 11 is 14.4. The molecule has 362 valence electrons. The van der Waals surface area contributed by atoms with Crippen LogP contribution in [0.15, 0.2) is 95.3 Å². The largest absolute Gasteiger partial charge is 0.455 e. The Morgan fingerprint density at radius 1 is 0.912 bits per heavy atom. The molecule has 0 spiro atoms. The minimum Gasteiger partial charge on any atom is -0.455 e. The van der Waals surface area contributed by atoms with Gasteiger partial charge in [0, 0.05) is 35.1 Å². The summed E-state index contributed by atoms with van der Waals surface area (Å²) in [6, 6.07) is 21.0. The molecule has 0 saturated carbocycles. The predicted octanol–water partition coefficient (Wildman–Crippen LogP) is 9.96. The summed E-state index contributed by atoms with van der Waals surface area (Å²) in [5, 5.41) is 8.53. The number of thiazole rings is 1. The van der Waals surface area contributed by atoms with E-state index >= 15 is 0 Å². The highest BCUT2D eigenvalue weighted by Crippen LogP contribution is 2.39. The molecule has 0 bridgehead atoms. The number of carbonyl (C=O) groups excluding carboxylic acids is 4. The number of alkyl halides is 3. The Bertz CT molecular complexity index is 2540. The molecule has 2 heterocycles. The molecule has 68 heavy (non-hydrogen) atoms. The highest BCUT2D eigenvalue weighted by molar-refractivity contribution is 8.00. The first-order valence-corrected chi connectivity index (χ1v) is 24.0. The molecule has 2 atom stereocenters. The van der Waals surface area contributed by atoms with Crippen LogP contribution in [-0.4, -0.2) is 85.1 Å². The summed E-state index contributed by atoms with van der Waals surface area (Å²) in [4.78, 5) is 60.3. The average molecular weight is 1020 g/mol. The topological polar surface area (TPSA) is 160 Å². The zero-order valence-electron chi connectivity index (χ0n) is 37.6. The Morgan fingerprint density at radius 3 is 2.34 bits per heavy atom. The molecule has 2 unspecified atom stereocenters. The lowest BCUT2D eigenvalue weighted by Crippen LogP contribution is -2.58. The van der Waals surface area contributed by atoms with Crippen LogP contribution in [0.3, 0.4) is 0 Å². The number of ether oxygens (including phenoxy) is 3. The van der Waals surface area contributed by atoms with Crippen LogP contribution in [0.2, 0.25) is 10.0 Å². The second kappa shape index (κ2) is 23.8. The Labute approximate surface area is 410 Å². The van der Waals surface area contributed by atoms with Gasteiger partial charge in [-0.1, -0.05) is 68.2 Å². The van der Waals surface area contributed by atoms with Crippen molar-refractivity contribution in [2.24, 2.45) is 5.41 Å². The number of aryl methyl sites for hydroxylation is 1. The van der Waals surface area contributed by atoms with Gasteiger partial charge >= 0.3 is 6.18 Å². The number of carbonyl (C=O) groups is 4. The predicted molar refractivity (Wildman–Crippen MR) is 258 cm³/mol. The molecule has 4 aromatic carbocycles. The molecule has 1 saturated heterocycles. The molecular weight excluding hydrogens is 965 g/mol. The SMILES string of the molecule is Cc1ncsc1-c1ccc(CNC(=O)C2CCCN2C(=O)C(NC(=O)COCCOCCNC(=O)c2ccc(Oc3ccc(Cl)cc3NSc3ccc(Cl)c(C(F)(F)F)c3)cc2)C(C)(C)C)cc1. The van der Waals surface area contributed by atoms with E-state index in [1.54, 1.807) is 58.7 Å². The normalized spacial score (nSPS) is 14.3. The van der Waals surface area contributed by atoms with Crippen molar-refractivity contribution in [2.45, 2.75) is 70.2 Å². The third-order valence-electron chi connectivity index (χ3n) is 10.6. The van der Waals surface area contributed by atoms with Crippen molar-refractivity contribution < 1.29 is 46.6 Å². The zero-order valence-corrected chi connectivity index (χ0v) is 40.8. The van der Waals surface area contributed by atoms with E-state index in [-0.39, 0.29) is 55.6 Å². The lowest BCUT2D eigenvalue weighted by molar-refractivity contribution is -0.144. The van der Waals surface area contributed by atoms with E-state index in [1.807, 2.05) is 57.5 Å². The summed E-state index contributed by atoms with van der Waals surface area (Å²) in [6.45, 7) is 8.52. The first kappa shape index (κ1) is 52.0. The summed E-state index contributed by atoms with van der Waals surface area (Å²) in [5.41, 5.74) is 3.92. The monoisotopic (exact) mass is 1010 g/mol. The number of nitrogens with zero attached hydrogens (tertiary/aromatic N) is 2. The molecule has 4 N–H and O–H groups in total. The number of amides is 4. The van der Waals surface area contributed by atoms with Gasteiger partial charge in [-0.05, 0) is 109 Å². The maximum Gasteiger partial charge on any atom is 0.417 e.